The average molecular weight is 333 g/mol. The van der Waals surface area contributed by atoms with Gasteiger partial charge in [-0.1, -0.05) is 61.9 Å². The van der Waals surface area contributed by atoms with Gasteiger partial charge < -0.3 is 5.32 Å². The number of carbonyl (C=O) groups excluding carboxylic acids is 1. The minimum Gasteiger partial charge on any atom is -0.349 e. The summed E-state index contributed by atoms with van der Waals surface area (Å²) >= 11 is 0. The average Bonchev–Trinajstić information content (AvgIpc) is 3.11. The van der Waals surface area contributed by atoms with Gasteiger partial charge in [0, 0.05) is 6.20 Å². The molecule has 0 saturated heterocycles. The Labute approximate surface area is 148 Å². The molecule has 4 heteroatoms. The van der Waals surface area contributed by atoms with Crippen LogP contribution in [0.4, 0.5) is 0 Å². The maximum Gasteiger partial charge on any atom is 0.225 e. The Morgan fingerprint density at radius 3 is 2.44 bits per heavy atom. The third kappa shape index (κ3) is 4.57. The third-order valence-electron chi connectivity index (χ3n) is 4.14. The lowest BCUT2D eigenvalue weighted by Crippen LogP contribution is -2.29. The third-order valence-corrected chi connectivity index (χ3v) is 4.14. The molecule has 1 amide bonds. The predicted molar refractivity (Wildman–Crippen MR) is 99.5 cm³/mol. The van der Waals surface area contributed by atoms with Crippen LogP contribution in [0.15, 0.2) is 73.1 Å². The summed E-state index contributed by atoms with van der Waals surface area (Å²) in [5.41, 5.74) is 3.05. The fourth-order valence-corrected chi connectivity index (χ4v) is 2.90. The summed E-state index contributed by atoms with van der Waals surface area (Å²) in [7, 11) is 0. The maximum atomic E-state index is 12.5. The molecule has 0 aliphatic rings. The van der Waals surface area contributed by atoms with Crippen LogP contribution in [0.25, 0.3) is 5.69 Å². The quantitative estimate of drug-likeness (QED) is 0.708. The van der Waals surface area contributed by atoms with Crippen molar-refractivity contribution in [2.24, 2.45) is 0 Å². The normalized spacial score (nSPS) is 11.9. The smallest absolute Gasteiger partial charge is 0.225 e. The fourth-order valence-electron chi connectivity index (χ4n) is 2.90. The second-order valence-corrected chi connectivity index (χ2v) is 6.12. The number of nitrogens with one attached hydrogen (secondary N) is 1. The molecule has 0 fully saturated rings. The number of benzene rings is 2. The van der Waals surface area contributed by atoms with Crippen molar-refractivity contribution in [1.29, 1.82) is 0 Å². The second-order valence-electron chi connectivity index (χ2n) is 6.12. The van der Waals surface area contributed by atoms with Crippen LogP contribution in [0.2, 0.25) is 0 Å². The SMILES string of the molecule is CCC[C@@H](NC(=O)Cc1cnn(-c2ccccc2)c1)c1ccccc1. The van der Waals surface area contributed by atoms with E-state index < -0.39 is 0 Å². The van der Waals surface area contributed by atoms with Crippen molar-refractivity contribution < 1.29 is 4.79 Å². The topological polar surface area (TPSA) is 46.9 Å². The van der Waals surface area contributed by atoms with E-state index in [1.807, 2.05) is 54.7 Å². The van der Waals surface area contributed by atoms with Crippen molar-refractivity contribution in [3.05, 3.63) is 84.2 Å². The first-order chi connectivity index (χ1) is 12.3. The van der Waals surface area contributed by atoms with Crippen molar-refractivity contribution in [1.82, 2.24) is 15.1 Å². The molecule has 128 valence electrons. The Balaban J connectivity index is 1.65. The van der Waals surface area contributed by atoms with Gasteiger partial charge in [0.05, 0.1) is 24.3 Å². The van der Waals surface area contributed by atoms with Crippen molar-refractivity contribution in [2.75, 3.05) is 0 Å². The summed E-state index contributed by atoms with van der Waals surface area (Å²) in [6.07, 6.45) is 5.95. The maximum absolute atomic E-state index is 12.5. The van der Waals surface area contributed by atoms with Gasteiger partial charge in [0.25, 0.3) is 0 Å². The van der Waals surface area contributed by atoms with E-state index in [-0.39, 0.29) is 11.9 Å². The summed E-state index contributed by atoms with van der Waals surface area (Å²) in [5.74, 6) is 0.0231. The molecule has 1 aromatic heterocycles. The molecule has 1 N–H and O–H groups in total. The van der Waals surface area contributed by atoms with Crippen LogP contribution in [-0.4, -0.2) is 15.7 Å². The summed E-state index contributed by atoms with van der Waals surface area (Å²) < 4.78 is 1.79. The highest BCUT2D eigenvalue weighted by Gasteiger charge is 2.14. The molecule has 3 rings (SSSR count). The van der Waals surface area contributed by atoms with Crippen LogP contribution in [0.3, 0.4) is 0 Å². The Kier molecular flexibility index (Phi) is 5.62. The fraction of sp³-hybridized carbons (Fsp3) is 0.238. The minimum absolute atomic E-state index is 0.0231. The molecule has 25 heavy (non-hydrogen) atoms. The van der Waals surface area contributed by atoms with Gasteiger partial charge in [-0.3, -0.25) is 4.79 Å². The number of hydrogen-bond acceptors (Lipinski definition) is 2. The summed E-state index contributed by atoms with van der Waals surface area (Å²) in [6, 6.07) is 20.1. The van der Waals surface area contributed by atoms with Gasteiger partial charge in [0.1, 0.15) is 0 Å². The van der Waals surface area contributed by atoms with Gasteiger partial charge in [-0.05, 0) is 29.7 Å². The van der Waals surface area contributed by atoms with Crippen molar-refractivity contribution >= 4 is 5.91 Å². The second kappa shape index (κ2) is 8.29. The molecule has 0 radical (unpaired) electrons. The Morgan fingerprint density at radius 2 is 1.76 bits per heavy atom. The first kappa shape index (κ1) is 17.0. The molecule has 0 unspecified atom stereocenters. The molecular weight excluding hydrogens is 310 g/mol. The standard InChI is InChI=1S/C21H23N3O/c1-2-9-20(18-10-5-3-6-11-18)23-21(25)14-17-15-22-24(16-17)19-12-7-4-8-13-19/h3-8,10-13,15-16,20H,2,9,14H2,1H3,(H,23,25)/t20-/m1/s1. The van der Waals surface area contributed by atoms with Crippen LogP contribution in [0, 0.1) is 0 Å². The van der Waals surface area contributed by atoms with Crippen LogP contribution in [-0.2, 0) is 11.2 Å². The molecule has 3 aromatic rings. The lowest BCUT2D eigenvalue weighted by molar-refractivity contribution is -0.121. The molecule has 1 heterocycles. The van der Waals surface area contributed by atoms with Gasteiger partial charge in [-0.2, -0.15) is 5.10 Å². The van der Waals surface area contributed by atoms with Crippen LogP contribution in [0.1, 0.15) is 36.9 Å². The van der Waals surface area contributed by atoms with E-state index >= 15 is 0 Å². The van der Waals surface area contributed by atoms with Gasteiger partial charge in [0.15, 0.2) is 0 Å². The van der Waals surface area contributed by atoms with Gasteiger partial charge in [-0.15, -0.1) is 0 Å². The number of carbonyl (C=O) groups is 1. The zero-order valence-corrected chi connectivity index (χ0v) is 14.4. The molecule has 0 aliphatic carbocycles. The molecule has 1 atom stereocenters. The number of amides is 1. The van der Waals surface area contributed by atoms with E-state index in [1.165, 1.54) is 0 Å². The lowest BCUT2D eigenvalue weighted by Gasteiger charge is -2.18. The van der Waals surface area contributed by atoms with Gasteiger partial charge in [-0.25, -0.2) is 4.68 Å². The van der Waals surface area contributed by atoms with Crippen molar-refractivity contribution in [3.8, 4) is 5.69 Å². The molecule has 0 saturated carbocycles. The number of hydrogen-bond donors (Lipinski definition) is 1. The monoisotopic (exact) mass is 333 g/mol. The zero-order valence-electron chi connectivity index (χ0n) is 14.4. The van der Waals surface area contributed by atoms with E-state index in [4.69, 9.17) is 0 Å². The number of nitrogens with zero attached hydrogens (tertiary/aromatic N) is 2. The van der Waals surface area contributed by atoms with Gasteiger partial charge in [0.2, 0.25) is 5.91 Å². The van der Waals surface area contributed by atoms with E-state index in [0.29, 0.717) is 6.42 Å². The van der Waals surface area contributed by atoms with Crippen molar-refractivity contribution in [3.63, 3.8) is 0 Å². The number of rotatable bonds is 7. The van der Waals surface area contributed by atoms with Crippen molar-refractivity contribution in [2.45, 2.75) is 32.2 Å². The molecule has 0 aliphatic heterocycles. The summed E-state index contributed by atoms with van der Waals surface area (Å²) in [6.45, 7) is 2.13. The Morgan fingerprint density at radius 1 is 1.08 bits per heavy atom. The minimum atomic E-state index is 0.0231. The van der Waals surface area contributed by atoms with Crippen LogP contribution in [0.5, 0.6) is 0 Å². The predicted octanol–water partition coefficient (Wildman–Crippen LogP) is 4.07. The van der Waals surface area contributed by atoms with Crippen LogP contribution < -0.4 is 5.32 Å². The first-order valence-corrected chi connectivity index (χ1v) is 8.69. The highest BCUT2D eigenvalue weighted by molar-refractivity contribution is 5.78. The van der Waals surface area contributed by atoms with Gasteiger partial charge >= 0.3 is 0 Å². The summed E-state index contributed by atoms with van der Waals surface area (Å²) in [5, 5.41) is 7.51. The highest BCUT2D eigenvalue weighted by Crippen LogP contribution is 2.18. The summed E-state index contributed by atoms with van der Waals surface area (Å²) in [4.78, 5) is 12.5. The highest BCUT2D eigenvalue weighted by atomic mass is 16.1. The Bertz CT molecular complexity index is 796. The molecule has 0 bridgehead atoms. The largest absolute Gasteiger partial charge is 0.349 e. The molecule has 4 nitrogen and oxygen atoms in total. The van der Waals surface area contributed by atoms with E-state index in [9.17, 15) is 4.79 Å². The van der Waals surface area contributed by atoms with E-state index in [2.05, 4.69) is 29.5 Å². The number of aromatic nitrogens is 2. The van der Waals surface area contributed by atoms with Crippen LogP contribution >= 0.6 is 0 Å². The lowest BCUT2D eigenvalue weighted by atomic mass is 10.0. The Hall–Kier alpha value is -2.88. The van der Waals surface area contributed by atoms with E-state index in [1.54, 1.807) is 10.9 Å². The molecule has 2 aromatic carbocycles. The van der Waals surface area contributed by atoms with E-state index in [0.717, 1.165) is 29.7 Å². The zero-order chi connectivity index (χ0) is 17.5. The molecule has 0 spiro atoms. The molecular formula is C21H23N3O. The first-order valence-electron chi connectivity index (χ1n) is 8.69. The number of para-hydroxylation sites is 1.